The summed E-state index contributed by atoms with van der Waals surface area (Å²) < 4.78 is 0. The molecule has 3 nitrogen and oxygen atoms in total. The largest absolute Gasteiger partial charge is 0.263 e. The first-order chi connectivity index (χ1) is 11.2. The third-order valence-electron chi connectivity index (χ3n) is 5.91. The summed E-state index contributed by atoms with van der Waals surface area (Å²) >= 11 is 6.22. The third-order valence-corrected chi connectivity index (χ3v) is 9.04. The van der Waals surface area contributed by atoms with E-state index in [1.807, 2.05) is 0 Å². The summed E-state index contributed by atoms with van der Waals surface area (Å²) in [5.74, 6) is 0. The Bertz CT molecular complexity index is 329. The minimum atomic E-state index is -1.84. The van der Waals surface area contributed by atoms with E-state index in [0.29, 0.717) is 18.1 Å². The molecule has 3 N–H and O–H groups in total. The van der Waals surface area contributed by atoms with Crippen molar-refractivity contribution < 1.29 is 0 Å². The summed E-state index contributed by atoms with van der Waals surface area (Å²) in [5, 5.41) is 11.8. The van der Waals surface area contributed by atoms with Crippen LogP contribution in [0.15, 0.2) is 0 Å². The average Bonchev–Trinajstić information content (AvgIpc) is 2.57. The SMILES string of the molecule is S=P(NC1CCCCC1)(NC1CCCCC1)NC1CCCCC1. The van der Waals surface area contributed by atoms with Crippen LogP contribution in [0.2, 0.25) is 0 Å². The van der Waals surface area contributed by atoms with E-state index in [4.69, 9.17) is 11.8 Å². The monoisotopic (exact) mass is 357 g/mol. The molecule has 0 saturated heterocycles. The maximum absolute atomic E-state index is 6.22. The Morgan fingerprint density at radius 2 is 0.739 bits per heavy atom. The molecule has 23 heavy (non-hydrogen) atoms. The van der Waals surface area contributed by atoms with Gasteiger partial charge in [0.2, 0.25) is 0 Å². The molecular weight excluding hydrogens is 321 g/mol. The molecule has 0 heterocycles. The Hall–Kier alpha value is 0.530. The quantitative estimate of drug-likeness (QED) is 0.586. The highest BCUT2D eigenvalue weighted by atomic mass is 32.4. The second kappa shape index (κ2) is 9.29. The van der Waals surface area contributed by atoms with Crippen molar-refractivity contribution in [3.63, 3.8) is 0 Å². The summed E-state index contributed by atoms with van der Waals surface area (Å²) in [4.78, 5) is 0. The first-order valence-corrected chi connectivity index (χ1v) is 13.0. The van der Waals surface area contributed by atoms with Gasteiger partial charge in [-0.15, -0.1) is 0 Å². The minimum absolute atomic E-state index is 0.641. The molecular formula is C18H36N3PS. The van der Waals surface area contributed by atoms with Crippen LogP contribution in [-0.2, 0) is 11.8 Å². The lowest BCUT2D eigenvalue weighted by Gasteiger charge is -2.39. The Kier molecular flexibility index (Phi) is 7.40. The molecule has 3 saturated carbocycles. The molecule has 3 fully saturated rings. The van der Waals surface area contributed by atoms with Gasteiger partial charge in [-0.2, -0.15) is 0 Å². The van der Waals surface area contributed by atoms with Gasteiger partial charge in [-0.25, -0.2) is 0 Å². The van der Waals surface area contributed by atoms with Crippen LogP contribution in [-0.4, -0.2) is 18.1 Å². The second-order valence-electron chi connectivity index (χ2n) is 8.00. The number of rotatable bonds is 6. The van der Waals surface area contributed by atoms with Crippen molar-refractivity contribution in [3.8, 4) is 0 Å². The van der Waals surface area contributed by atoms with Gasteiger partial charge in [-0.1, -0.05) is 57.8 Å². The molecule has 0 atom stereocenters. The standard InChI is InChI=1S/C18H36N3PS/c23-22(19-16-10-4-1-5-11-16,20-17-12-6-2-7-13-17)21-18-14-8-3-9-15-18/h16-18H,1-15H2,(H3,19,20,21,23). The number of hydrogen-bond acceptors (Lipinski definition) is 1. The zero-order valence-corrected chi connectivity index (χ0v) is 16.4. The summed E-state index contributed by atoms with van der Waals surface area (Å²) in [6.07, 6.45) is 20.4. The Morgan fingerprint density at radius 3 is 1.00 bits per heavy atom. The minimum Gasteiger partial charge on any atom is -0.263 e. The highest BCUT2D eigenvalue weighted by molar-refractivity contribution is 8.11. The van der Waals surface area contributed by atoms with Crippen LogP contribution in [0.25, 0.3) is 0 Å². The van der Waals surface area contributed by atoms with E-state index in [1.165, 1.54) is 96.3 Å². The van der Waals surface area contributed by atoms with Crippen LogP contribution in [0.1, 0.15) is 96.3 Å². The van der Waals surface area contributed by atoms with Crippen LogP contribution < -0.4 is 15.3 Å². The molecule has 3 aliphatic carbocycles. The molecule has 5 heteroatoms. The van der Waals surface area contributed by atoms with E-state index in [1.54, 1.807) is 0 Å². The highest BCUT2D eigenvalue weighted by Gasteiger charge is 2.29. The van der Waals surface area contributed by atoms with E-state index >= 15 is 0 Å². The van der Waals surface area contributed by atoms with E-state index in [2.05, 4.69) is 15.3 Å². The molecule has 3 rings (SSSR count). The molecule has 0 spiro atoms. The zero-order valence-electron chi connectivity index (χ0n) is 14.7. The summed E-state index contributed by atoms with van der Waals surface area (Å²) in [5.41, 5.74) is 0. The molecule has 0 aromatic rings. The zero-order chi connectivity index (χ0) is 16.0. The van der Waals surface area contributed by atoms with Crippen molar-refractivity contribution in [2.75, 3.05) is 0 Å². The third kappa shape index (κ3) is 6.08. The maximum atomic E-state index is 6.22. The average molecular weight is 358 g/mol. The summed E-state index contributed by atoms with van der Waals surface area (Å²) in [7, 11) is 0. The van der Waals surface area contributed by atoms with E-state index in [0.717, 1.165) is 0 Å². The molecule has 0 aromatic heterocycles. The fourth-order valence-electron chi connectivity index (χ4n) is 4.58. The molecule has 0 bridgehead atoms. The molecule has 0 amide bonds. The number of nitrogens with one attached hydrogen (secondary N) is 3. The van der Waals surface area contributed by atoms with Gasteiger partial charge in [0.1, 0.15) is 6.49 Å². The van der Waals surface area contributed by atoms with Crippen molar-refractivity contribution in [3.05, 3.63) is 0 Å². The van der Waals surface area contributed by atoms with Crippen LogP contribution in [0.3, 0.4) is 0 Å². The van der Waals surface area contributed by atoms with Crippen molar-refractivity contribution in [2.24, 2.45) is 0 Å². The van der Waals surface area contributed by atoms with Crippen molar-refractivity contribution in [1.82, 2.24) is 15.3 Å². The van der Waals surface area contributed by atoms with Crippen LogP contribution in [0, 0.1) is 0 Å². The summed E-state index contributed by atoms with van der Waals surface area (Å²) in [6.45, 7) is -1.84. The van der Waals surface area contributed by atoms with Gasteiger partial charge in [0.25, 0.3) is 0 Å². The van der Waals surface area contributed by atoms with Gasteiger partial charge < -0.3 is 0 Å². The lowest BCUT2D eigenvalue weighted by molar-refractivity contribution is 0.389. The van der Waals surface area contributed by atoms with Crippen LogP contribution in [0.4, 0.5) is 0 Å². The lowest BCUT2D eigenvalue weighted by atomic mass is 9.96. The smallest absolute Gasteiger partial charge is 0.138 e. The lowest BCUT2D eigenvalue weighted by Crippen LogP contribution is -2.45. The van der Waals surface area contributed by atoms with Gasteiger partial charge >= 0.3 is 0 Å². The molecule has 0 radical (unpaired) electrons. The van der Waals surface area contributed by atoms with Crippen molar-refractivity contribution >= 4 is 18.3 Å². The predicted molar refractivity (Wildman–Crippen MR) is 104 cm³/mol. The van der Waals surface area contributed by atoms with E-state index in [9.17, 15) is 0 Å². The van der Waals surface area contributed by atoms with Gasteiger partial charge in [0.15, 0.2) is 0 Å². The molecule has 0 aromatic carbocycles. The fraction of sp³-hybridized carbons (Fsp3) is 1.00. The Balaban J connectivity index is 1.61. The Morgan fingerprint density at radius 1 is 0.478 bits per heavy atom. The van der Waals surface area contributed by atoms with E-state index in [-0.39, 0.29) is 0 Å². The first-order valence-electron chi connectivity index (χ1n) is 10.2. The Labute approximate surface area is 148 Å². The molecule has 0 unspecified atom stereocenters. The van der Waals surface area contributed by atoms with E-state index < -0.39 is 6.49 Å². The van der Waals surface area contributed by atoms with Gasteiger partial charge in [0, 0.05) is 18.1 Å². The van der Waals surface area contributed by atoms with Gasteiger partial charge in [-0.3, -0.25) is 15.3 Å². The maximum Gasteiger partial charge on any atom is 0.138 e. The van der Waals surface area contributed by atoms with Gasteiger partial charge in [-0.05, 0) is 50.3 Å². The normalized spacial score (nSPS) is 26.4. The van der Waals surface area contributed by atoms with Gasteiger partial charge in [0.05, 0.1) is 0 Å². The van der Waals surface area contributed by atoms with Crippen LogP contribution in [0.5, 0.6) is 0 Å². The fourth-order valence-corrected chi connectivity index (χ4v) is 8.46. The van der Waals surface area contributed by atoms with Crippen molar-refractivity contribution in [2.45, 2.75) is 114 Å². The van der Waals surface area contributed by atoms with Crippen molar-refractivity contribution in [1.29, 1.82) is 0 Å². The summed E-state index contributed by atoms with van der Waals surface area (Å²) in [6, 6.07) is 1.92. The predicted octanol–water partition coefficient (Wildman–Crippen LogP) is 4.98. The second-order valence-corrected chi connectivity index (χ2v) is 11.6. The number of hydrogen-bond donors (Lipinski definition) is 3. The highest BCUT2D eigenvalue weighted by Crippen LogP contribution is 2.40. The molecule has 134 valence electrons. The molecule has 3 aliphatic rings. The first kappa shape index (κ1) is 18.3. The topological polar surface area (TPSA) is 36.1 Å². The van der Waals surface area contributed by atoms with Crippen LogP contribution >= 0.6 is 6.49 Å². The molecule has 0 aliphatic heterocycles.